The molecule has 0 saturated heterocycles. The predicted molar refractivity (Wildman–Crippen MR) is 55.4 cm³/mol. The normalized spacial score (nSPS) is 18.2. The van der Waals surface area contributed by atoms with Crippen LogP contribution < -0.4 is 5.73 Å². The Labute approximate surface area is 90.1 Å². The Morgan fingerprint density at radius 2 is 2.14 bits per heavy atom. The van der Waals surface area contributed by atoms with E-state index in [-0.39, 0.29) is 16.3 Å². The van der Waals surface area contributed by atoms with Crippen LogP contribution in [-0.2, 0) is 0 Å². The lowest BCUT2D eigenvalue weighted by atomic mass is 10.0. The summed E-state index contributed by atoms with van der Waals surface area (Å²) in [4.78, 5) is 0. The standard InChI is InChI=1S/C10H11BrFNO/c11-8-7(12)4-3-6(10(8)14)9(13)5-1-2-5/h3-5,9,14H,1-2,13H2. The van der Waals surface area contributed by atoms with Gasteiger partial charge >= 0.3 is 0 Å². The molecule has 1 fully saturated rings. The van der Waals surface area contributed by atoms with E-state index >= 15 is 0 Å². The van der Waals surface area contributed by atoms with Crippen molar-refractivity contribution < 1.29 is 9.50 Å². The average molecular weight is 260 g/mol. The lowest BCUT2D eigenvalue weighted by Gasteiger charge is -2.13. The molecule has 0 aliphatic heterocycles. The Bertz CT molecular complexity index is 365. The molecule has 1 aliphatic carbocycles. The molecule has 1 aliphatic rings. The van der Waals surface area contributed by atoms with Gasteiger partial charge in [-0.05, 0) is 40.8 Å². The molecule has 2 nitrogen and oxygen atoms in total. The third kappa shape index (κ3) is 1.64. The molecule has 0 spiro atoms. The summed E-state index contributed by atoms with van der Waals surface area (Å²) in [5.74, 6) is -0.0862. The monoisotopic (exact) mass is 259 g/mol. The maximum Gasteiger partial charge on any atom is 0.141 e. The molecule has 14 heavy (non-hydrogen) atoms. The van der Waals surface area contributed by atoms with Crippen molar-refractivity contribution >= 4 is 15.9 Å². The minimum atomic E-state index is -0.464. The molecule has 0 bridgehead atoms. The Balaban J connectivity index is 2.38. The largest absolute Gasteiger partial charge is 0.506 e. The lowest BCUT2D eigenvalue weighted by molar-refractivity contribution is 0.445. The second kappa shape index (κ2) is 3.51. The molecule has 2 rings (SSSR count). The Hall–Kier alpha value is -0.610. The van der Waals surface area contributed by atoms with Gasteiger partial charge in [-0.1, -0.05) is 6.07 Å². The van der Waals surface area contributed by atoms with E-state index < -0.39 is 5.82 Å². The molecule has 1 aromatic rings. The first kappa shape index (κ1) is 9.93. The number of rotatable bonds is 2. The van der Waals surface area contributed by atoms with E-state index in [1.165, 1.54) is 6.07 Å². The van der Waals surface area contributed by atoms with Crippen molar-refractivity contribution in [1.82, 2.24) is 0 Å². The third-order valence-electron chi connectivity index (χ3n) is 2.59. The Morgan fingerprint density at radius 1 is 1.50 bits per heavy atom. The number of benzene rings is 1. The van der Waals surface area contributed by atoms with Crippen molar-refractivity contribution in [1.29, 1.82) is 0 Å². The van der Waals surface area contributed by atoms with Gasteiger partial charge in [-0.25, -0.2) is 4.39 Å². The number of phenols is 1. The van der Waals surface area contributed by atoms with Crippen LogP contribution >= 0.6 is 15.9 Å². The number of phenolic OH excluding ortho intramolecular Hbond substituents is 1. The second-order valence-corrected chi connectivity index (χ2v) is 4.46. The van der Waals surface area contributed by atoms with Crippen LogP contribution in [0.3, 0.4) is 0 Å². The lowest BCUT2D eigenvalue weighted by Crippen LogP contribution is -2.12. The van der Waals surface area contributed by atoms with Crippen molar-refractivity contribution in [2.24, 2.45) is 11.7 Å². The number of nitrogens with two attached hydrogens (primary N) is 1. The maximum atomic E-state index is 13.0. The van der Waals surface area contributed by atoms with Crippen LogP contribution in [0.5, 0.6) is 5.75 Å². The van der Waals surface area contributed by atoms with E-state index in [0.29, 0.717) is 11.5 Å². The van der Waals surface area contributed by atoms with E-state index in [4.69, 9.17) is 5.73 Å². The van der Waals surface area contributed by atoms with Crippen molar-refractivity contribution in [2.45, 2.75) is 18.9 Å². The Kier molecular flexibility index (Phi) is 2.49. The minimum absolute atomic E-state index is 0.0654. The van der Waals surface area contributed by atoms with E-state index in [1.54, 1.807) is 6.07 Å². The summed E-state index contributed by atoms with van der Waals surface area (Å²) in [6.07, 6.45) is 2.19. The minimum Gasteiger partial charge on any atom is -0.506 e. The average Bonchev–Trinajstić information content (AvgIpc) is 2.97. The molecule has 3 N–H and O–H groups in total. The highest BCUT2D eigenvalue weighted by molar-refractivity contribution is 9.10. The van der Waals surface area contributed by atoms with Gasteiger partial charge in [0.1, 0.15) is 11.6 Å². The fourth-order valence-electron chi connectivity index (χ4n) is 1.53. The van der Waals surface area contributed by atoms with Gasteiger partial charge in [-0.3, -0.25) is 0 Å². The zero-order chi connectivity index (χ0) is 10.3. The molecule has 1 aromatic carbocycles. The van der Waals surface area contributed by atoms with Crippen LogP contribution in [0.2, 0.25) is 0 Å². The SMILES string of the molecule is NC(c1ccc(F)c(Br)c1O)C1CC1. The molecule has 1 unspecified atom stereocenters. The van der Waals surface area contributed by atoms with Crippen LogP contribution in [0.15, 0.2) is 16.6 Å². The topological polar surface area (TPSA) is 46.2 Å². The van der Waals surface area contributed by atoms with Gasteiger partial charge in [0.15, 0.2) is 0 Å². The summed E-state index contributed by atoms with van der Waals surface area (Å²) in [5.41, 5.74) is 6.54. The van der Waals surface area contributed by atoms with Gasteiger partial charge in [-0.15, -0.1) is 0 Å². The highest BCUT2D eigenvalue weighted by Crippen LogP contribution is 2.43. The van der Waals surface area contributed by atoms with E-state index in [9.17, 15) is 9.50 Å². The van der Waals surface area contributed by atoms with E-state index in [0.717, 1.165) is 12.8 Å². The van der Waals surface area contributed by atoms with Crippen molar-refractivity contribution in [3.05, 3.63) is 28.0 Å². The Morgan fingerprint density at radius 3 is 2.71 bits per heavy atom. The fourth-order valence-corrected chi connectivity index (χ4v) is 1.89. The van der Waals surface area contributed by atoms with Crippen LogP contribution in [-0.4, -0.2) is 5.11 Å². The molecular weight excluding hydrogens is 249 g/mol. The predicted octanol–water partition coefficient (Wildman–Crippen LogP) is 2.70. The van der Waals surface area contributed by atoms with Crippen molar-refractivity contribution in [2.75, 3.05) is 0 Å². The zero-order valence-electron chi connectivity index (χ0n) is 7.50. The summed E-state index contributed by atoms with van der Waals surface area (Å²) >= 11 is 2.99. The van der Waals surface area contributed by atoms with Gasteiger partial charge in [0.05, 0.1) is 4.47 Å². The summed E-state index contributed by atoms with van der Waals surface area (Å²) in [7, 11) is 0. The number of hydrogen-bond acceptors (Lipinski definition) is 2. The maximum absolute atomic E-state index is 13.0. The first-order chi connectivity index (χ1) is 6.61. The third-order valence-corrected chi connectivity index (χ3v) is 3.34. The molecule has 0 amide bonds. The van der Waals surface area contributed by atoms with Crippen molar-refractivity contribution in [3.63, 3.8) is 0 Å². The van der Waals surface area contributed by atoms with Gasteiger partial charge in [-0.2, -0.15) is 0 Å². The van der Waals surface area contributed by atoms with Gasteiger partial charge in [0, 0.05) is 11.6 Å². The molecular formula is C10H11BrFNO. The van der Waals surface area contributed by atoms with Crippen LogP contribution in [0, 0.1) is 11.7 Å². The first-order valence-corrected chi connectivity index (χ1v) is 5.33. The van der Waals surface area contributed by atoms with Gasteiger partial charge in [0.25, 0.3) is 0 Å². The molecule has 1 saturated carbocycles. The van der Waals surface area contributed by atoms with E-state index in [2.05, 4.69) is 15.9 Å². The fraction of sp³-hybridized carbons (Fsp3) is 0.400. The second-order valence-electron chi connectivity index (χ2n) is 3.66. The molecule has 1 atom stereocenters. The highest BCUT2D eigenvalue weighted by Gasteiger charge is 2.31. The van der Waals surface area contributed by atoms with Crippen LogP contribution in [0.1, 0.15) is 24.4 Å². The van der Waals surface area contributed by atoms with Gasteiger partial charge < -0.3 is 10.8 Å². The van der Waals surface area contributed by atoms with Crippen LogP contribution in [0.4, 0.5) is 4.39 Å². The van der Waals surface area contributed by atoms with Crippen LogP contribution in [0.25, 0.3) is 0 Å². The van der Waals surface area contributed by atoms with Crippen molar-refractivity contribution in [3.8, 4) is 5.75 Å². The molecule has 76 valence electrons. The van der Waals surface area contributed by atoms with Gasteiger partial charge in [0.2, 0.25) is 0 Å². The summed E-state index contributed by atoms with van der Waals surface area (Å²) in [6.45, 7) is 0. The zero-order valence-corrected chi connectivity index (χ0v) is 9.09. The molecule has 0 heterocycles. The number of halogens is 2. The molecule has 0 radical (unpaired) electrons. The summed E-state index contributed by atoms with van der Waals surface area (Å²) in [6, 6.07) is 2.70. The smallest absolute Gasteiger partial charge is 0.141 e. The summed E-state index contributed by atoms with van der Waals surface area (Å²) < 4.78 is 13.1. The highest BCUT2D eigenvalue weighted by atomic mass is 79.9. The van der Waals surface area contributed by atoms with E-state index in [1.807, 2.05) is 0 Å². The first-order valence-electron chi connectivity index (χ1n) is 4.53. The number of aromatic hydroxyl groups is 1. The molecule has 0 aromatic heterocycles. The summed E-state index contributed by atoms with van der Waals surface area (Å²) in [5, 5.41) is 9.66. The molecule has 4 heteroatoms. The number of hydrogen-bond donors (Lipinski definition) is 2. The quantitative estimate of drug-likeness (QED) is 0.858.